The molecule has 1 amide bonds. The first-order chi connectivity index (χ1) is 13.1. The molecule has 0 bridgehead atoms. The number of aromatic nitrogens is 4. The summed E-state index contributed by atoms with van der Waals surface area (Å²) in [6, 6.07) is 5.60. The maximum atomic E-state index is 12.9. The van der Waals surface area contributed by atoms with Gasteiger partial charge in [0.05, 0.1) is 11.7 Å². The average molecular weight is 380 g/mol. The van der Waals surface area contributed by atoms with Crippen LogP contribution in [0, 0.1) is 25.7 Å². The second kappa shape index (κ2) is 6.23. The van der Waals surface area contributed by atoms with Gasteiger partial charge in [0, 0.05) is 54.8 Å². The Hall–Kier alpha value is -2.61. The van der Waals surface area contributed by atoms with E-state index in [9.17, 15) is 4.79 Å². The minimum absolute atomic E-state index is 0.0971. The molecule has 0 saturated carbocycles. The molecule has 2 aromatic heterocycles. The molecule has 4 heterocycles. The molecule has 7 nitrogen and oxygen atoms in total. The van der Waals surface area contributed by atoms with E-state index in [2.05, 4.69) is 30.5 Å². The molecular weight excluding hydrogens is 360 g/mol. The first kappa shape index (κ1) is 16.6. The van der Waals surface area contributed by atoms with E-state index < -0.39 is 0 Å². The smallest absolute Gasteiger partial charge is 0.253 e. The molecule has 138 valence electrons. The molecule has 2 aliphatic rings. The number of hydrogen-bond donors (Lipinski definition) is 0. The van der Waals surface area contributed by atoms with E-state index >= 15 is 0 Å². The standard InChI is InChI=1S/C19H20N6OS/c1-11-12(2)20-10-21-18(11)24-6-14-8-25(9-15(14)7-24)19(26)13-3-4-16-17(5-13)23-27-22-16/h3-5,10,14-15H,6-9H2,1-2H3. The number of fused-ring (bicyclic) bond motifs is 2. The molecular formula is C19H20N6OS. The van der Waals surface area contributed by atoms with Gasteiger partial charge in [0.25, 0.3) is 5.91 Å². The Kier molecular flexibility index (Phi) is 3.82. The van der Waals surface area contributed by atoms with Crippen molar-refractivity contribution in [3.05, 3.63) is 41.3 Å². The van der Waals surface area contributed by atoms with E-state index in [4.69, 9.17) is 0 Å². The SMILES string of the molecule is Cc1ncnc(N2CC3CN(C(=O)c4ccc5nsnc5c4)CC3C2)c1C. The van der Waals surface area contributed by atoms with Crippen LogP contribution in [0.5, 0.6) is 0 Å². The number of benzene rings is 1. The molecule has 3 aromatic rings. The van der Waals surface area contributed by atoms with Gasteiger partial charge >= 0.3 is 0 Å². The van der Waals surface area contributed by atoms with Gasteiger partial charge in [-0.05, 0) is 32.0 Å². The second-order valence-corrected chi connectivity index (χ2v) is 8.04. The van der Waals surface area contributed by atoms with Gasteiger partial charge in [-0.3, -0.25) is 4.79 Å². The third-order valence-electron chi connectivity index (χ3n) is 5.88. The van der Waals surface area contributed by atoms with Crippen molar-refractivity contribution in [2.75, 3.05) is 31.1 Å². The number of rotatable bonds is 2. The molecule has 0 N–H and O–H groups in total. The van der Waals surface area contributed by atoms with Crippen molar-refractivity contribution in [2.24, 2.45) is 11.8 Å². The lowest BCUT2D eigenvalue weighted by atomic mass is 10.0. The van der Waals surface area contributed by atoms with E-state index in [0.717, 1.165) is 54.3 Å². The summed E-state index contributed by atoms with van der Waals surface area (Å²) in [7, 11) is 0. The van der Waals surface area contributed by atoms with E-state index in [1.54, 1.807) is 6.33 Å². The van der Waals surface area contributed by atoms with Crippen molar-refractivity contribution in [1.82, 2.24) is 23.6 Å². The van der Waals surface area contributed by atoms with Crippen molar-refractivity contribution in [2.45, 2.75) is 13.8 Å². The van der Waals surface area contributed by atoms with Gasteiger partial charge in [-0.25, -0.2) is 9.97 Å². The lowest BCUT2D eigenvalue weighted by Crippen LogP contribution is -2.33. The summed E-state index contributed by atoms with van der Waals surface area (Å²) in [6.07, 6.45) is 1.64. The van der Waals surface area contributed by atoms with Gasteiger partial charge in [-0.2, -0.15) is 8.75 Å². The third kappa shape index (κ3) is 2.75. The number of hydrogen-bond acceptors (Lipinski definition) is 7. The van der Waals surface area contributed by atoms with Crippen LogP contribution in [0.4, 0.5) is 5.82 Å². The number of amides is 1. The van der Waals surface area contributed by atoms with Crippen LogP contribution in [0.3, 0.4) is 0 Å². The van der Waals surface area contributed by atoms with Crippen LogP contribution in [0.2, 0.25) is 0 Å². The Bertz CT molecular complexity index is 1020. The van der Waals surface area contributed by atoms with Crippen LogP contribution in [-0.4, -0.2) is 55.7 Å². The van der Waals surface area contributed by atoms with Crippen molar-refractivity contribution in [3.63, 3.8) is 0 Å². The number of nitrogens with zero attached hydrogens (tertiary/aromatic N) is 6. The van der Waals surface area contributed by atoms with Crippen LogP contribution in [0.15, 0.2) is 24.5 Å². The Morgan fingerprint density at radius 2 is 1.78 bits per heavy atom. The molecule has 5 rings (SSSR count). The average Bonchev–Trinajstić information content (AvgIpc) is 3.36. The predicted octanol–water partition coefficient (Wildman–Crippen LogP) is 2.31. The summed E-state index contributed by atoms with van der Waals surface area (Å²) < 4.78 is 8.45. The zero-order chi connectivity index (χ0) is 18.5. The monoisotopic (exact) mass is 380 g/mol. The van der Waals surface area contributed by atoms with Crippen molar-refractivity contribution in [1.29, 1.82) is 0 Å². The molecule has 0 aliphatic carbocycles. The van der Waals surface area contributed by atoms with Crippen LogP contribution in [0.1, 0.15) is 21.6 Å². The summed E-state index contributed by atoms with van der Waals surface area (Å²) in [5.74, 6) is 2.12. The minimum atomic E-state index is 0.0971. The number of anilines is 1. The molecule has 1 aromatic carbocycles. The normalized spacial score (nSPS) is 21.9. The molecule has 2 unspecified atom stereocenters. The zero-order valence-corrected chi connectivity index (χ0v) is 16.1. The van der Waals surface area contributed by atoms with Gasteiger partial charge in [0.1, 0.15) is 23.2 Å². The summed E-state index contributed by atoms with van der Waals surface area (Å²) in [4.78, 5) is 26.1. The Labute approximate surface area is 161 Å². The lowest BCUT2D eigenvalue weighted by Gasteiger charge is -2.24. The topological polar surface area (TPSA) is 75.1 Å². The van der Waals surface area contributed by atoms with Gasteiger partial charge < -0.3 is 9.80 Å². The highest BCUT2D eigenvalue weighted by Crippen LogP contribution is 2.35. The fraction of sp³-hybridized carbons (Fsp3) is 0.421. The summed E-state index contributed by atoms with van der Waals surface area (Å²) >= 11 is 1.18. The first-order valence-electron chi connectivity index (χ1n) is 9.15. The molecule has 0 spiro atoms. The Balaban J connectivity index is 1.30. The highest BCUT2D eigenvalue weighted by atomic mass is 32.1. The van der Waals surface area contributed by atoms with E-state index in [0.29, 0.717) is 17.4 Å². The maximum Gasteiger partial charge on any atom is 0.253 e. The van der Waals surface area contributed by atoms with Gasteiger partial charge in [-0.15, -0.1) is 0 Å². The summed E-state index contributed by atoms with van der Waals surface area (Å²) in [5.41, 5.74) is 4.53. The highest BCUT2D eigenvalue weighted by Gasteiger charge is 2.42. The van der Waals surface area contributed by atoms with Gasteiger partial charge in [0.15, 0.2) is 0 Å². The minimum Gasteiger partial charge on any atom is -0.356 e. The largest absolute Gasteiger partial charge is 0.356 e. The number of aryl methyl sites for hydroxylation is 1. The van der Waals surface area contributed by atoms with E-state index in [1.165, 1.54) is 11.7 Å². The number of likely N-dealkylation sites (tertiary alicyclic amines) is 1. The lowest BCUT2D eigenvalue weighted by molar-refractivity contribution is 0.0782. The molecule has 27 heavy (non-hydrogen) atoms. The molecule has 2 saturated heterocycles. The molecule has 0 radical (unpaired) electrons. The number of carbonyl (C=O) groups is 1. The van der Waals surface area contributed by atoms with Crippen LogP contribution in [0.25, 0.3) is 11.0 Å². The van der Waals surface area contributed by atoms with Crippen LogP contribution < -0.4 is 4.90 Å². The molecule has 8 heteroatoms. The number of carbonyl (C=O) groups excluding carboxylic acids is 1. The first-order valence-corrected chi connectivity index (χ1v) is 9.88. The molecule has 2 atom stereocenters. The molecule has 2 fully saturated rings. The van der Waals surface area contributed by atoms with Crippen molar-refractivity contribution >= 4 is 34.5 Å². The van der Waals surface area contributed by atoms with Crippen molar-refractivity contribution in [3.8, 4) is 0 Å². The predicted molar refractivity (Wildman–Crippen MR) is 104 cm³/mol. The zero-order valence-electron chi connectivity index (χ0n) is 15.3. The van der Waals surface area contributed by atoms with Gasteiger partial charge in [0.2, 0.25) is 0 Å². The van der Waals surface area contributed by atoms with Gasteiger partial charge in [-0.1, -0.05) is 0 Å². The van der Waals surface area contributed by atoms with E-state index in [1.807, 2.05) is 30.0 Å². The summed E-state index contributed by atoms with van der Waals surface area (Å²) in [6.45, 7) is 7.60. The highest BCUT2D eigenvalue weighted by molar-refractivity contribution is 7.00. The molecule has 2 aliphatic heterocycles. The van der Waals surface area contributed by atoms with E-state index in [-0.39, 0.29) is 5.91 Å². The maximum absolute atomic E-state index is 12.9. The summed E-state index contributed by atoms with van der Waals surface area (Å²) in [5, 5.41) is 0. The quantitative estimate of drug-likeness (QED) is 0.679. The van der Waals surface area contributed by atoms with Crippen LogP contribution in [-0.2, 0) is 0 Å². The third-order valence-corrected chi connectivity index (χ3v) is 6.44. The van der Waals surface area contributed by atoms with Crippen LogP contribution >= 0.6 is 11.7 Å². The fourth-order valence-electron chi connectivity index (χ4n) is 4.27. The second-order valence-electron chi connectivity index (χ2n) is 7.51. The fourth-order valence-corrected chi connectivity index (χ4v) is 4.79. The van der Waals surface area contributed by atoms with Crippen molar-refractivity contribution < 1.29 is 4.79 Å². The Morgan fingerprint density at radius 1 is 1.04 bits per heavy atom. The Morgan fingerprint density at radius 3 is 2.56 bits per heavy atom.